The van der Waals surface area contributed by atoms with Crippen LogP contribution in [0, 0.1) is 13.8 Å². The third kappa shape index (κ3) is 4.29. The Morgan fingerprint density at radius 3 is 2.52 bits per heavy atom. The van der Waals surface area contributed by atoms with Crippen LogP contribution in [0.25, 0.3) is 11.4 Å². The van der Waals surface area contributed by atoms with Gasteiger partial charge < -0.3 is 10.2 Å². The number of hydrogen-bond acceptors (Lipinski definition) is 6. The van der Waals surface area contributed by atoms with Crippen LogP contribution >= 0.6 is 11.6 Å². The molecule has 0 spiro atoms. The Bertz CT molecular complexity index is 841. The summed E-state index contributed by atoms with van der Waals surface area (Å²) in [7, 11) is 0. The molecule has 2 heterocycles. The fourth-order valence-electron chi connectivity index (χ4n) is 3.39. The van der Waals surface area contributed by atoms with Gasteiger partial charge in [0.15, 0.2) is 11.6 Å². The Labute approximate surface area is 164 Å². The molecule has 3 atom stereocenters. The number of benzene rings is 1. The molecule has 6 nitrogen and oxygen atoms in total. The van der Waals surface area contributed by atoms with Crippen LogP contribution in [0.1, 0.15) is 32.0 Å². The third-order valence-electron chi connectivity index (χ3n) is 4.84. The Balaban J connectivity index is 1.95. The van der Waals surface area contributed by atoms with E-state index in [-0.39, 0.29) is 24.0 Å². The van der Waals surface area contributed by atoms with Crippen molar-refractivity contribution in [2.45, 2.75) is 52.9 Å². The lowest BCUT2D eigenvalue weighted by Crippen LogP contribution is -2.58. The first kappa shape index (κ1) is 19.7. The quantitative estimate of drug-likeness (QED) is 0.859. The highest BCUT2D eigenvalue weighted by Crippen LogP contribution is 2.25. The van der Waals surface area contributed by atoms with Gasteiger partial charge in [0.2, 0.25) is 0 Å². The maximum atomic E-state index is 12.2. The number of hydrazine groups is 1. The zero-order valence-corrected chi connectivity index (χ0v) is 17.0. The number of carbonyl (C=O) groups is 1. The van der Waals surface area contributed by atoms with Crippen molar-refractivity contribution >= 4 is 23.2 Å². The van der Waals surface area contributed by atoms with Crippen LogP contribution < -0.4 is 5.43 Å². The summed E-state index contributed by atoms with van der Waals surface area (Å²) in [5.74, 6) is 1.37. The summed E-state index contributed by atoms with van der Waals surface area (Å²) >= 11 is 5.99. The molecule has 27 heavy (non-hydrogen) atoms. The number of nitrogens with one attached hydrogen (secondary N) is 1. The number of nitrogens with zero attached hydrogens (tertiary/aromatic N) is 3. The maximum Gasteiger partial charge on any atom is 0.161 e. The summed E-state index contributed by atoms with van der Waals surface area (Å²) in [4.78, 5) is 21.5. The zero-order chi connectivity index (χ0) is 19.7. The molecule has 1 saturated heterocycles. The minimum atomic E-state index is -0.366. The van der Waals surface area contributed by atoms with Crippen molar-refractivity contribution < 1.29 is 9.53 Å². The molecule has 1 aromatic carbocycles. The average molecular weight is 389 g/mol. The number of aryl methyl sites for hydroxylation is 1. The predicted octanol–water partition coefficient (Wildman–Crippen LogP) is 3.81. The van der Waals surface area contributed by atoms with Gasteiger partial charge in [-0.15, -0.1) is 0 Å². The van der Waals surface area contributed by atoms with Gasteiger partial charge in [-0.25, -0.2) is 15.0 Å². The van der Waals surface area contributed by atoms with Crippen LogP contribution in [-0.4, -0.2) is 45.6 Å². The largest absolute Gasteiger partial charge is 0.372 e. The summed E-state index contributed by atoms with van der Waals surface area (Å²) in [5.41, 5.74) is 6.07. The number of aromatic nitrogens is 2. The smallest absolute Gasteiger partial charge is 0.161 e. The van der Waals surface area contributed by atoms with Gasteiger partial charge in [-0.2, -0.15) is 0 Å². The van der Waals surface area contributed by atoms with Gasteiger partial charge in [-0.3, -0.25) is 4.79 Å². The van der Waals surface area contributed by atoms with Gasteiger partial charge in [0.05, 0.1) is 12.2 Å². The van der Waals surface area contributed by atoms with E-state index in [0.29, 0.717) is 23.2 Å². The number of carbonyl (C=O) groups excluding carboxylic acids is 1. The van der Waals surface area contributed by atoms with Crippen LogP contribution in [0.3, 0.4) is 0 Å². The normalized spacial score (nSPS) is 23.3. The number of anilines is 1. The Morgan fingerprint density at radius 2 is 1.89 bits per heavy atom. The number of rotatable bonds is 4. The SMILES string of the molecule is CC(=O)C1C(C)OC(C)CN1Nc1nc(-c2ccc(Cl)cc2)nc(C)c1C. The predicted molar refractivity (Wildman–Crippen MR) is 107 cm³/mol. The molecule has 0 saturated carbocycles. The fraction of sp³-hybridized carbons (Fsp3) is 0.450. The van der Waals surface area contributed by atoms with Crippen molar-refractivity contribution in [2.75, 3.05) is 12.0 Å². The lowest BCUT2D eigenvalue weighted by molar-refractivity contribution is -0.140. The minimum absolute atomic E-state index is 0.0158. The first-order chi connectivity index (χ1) is 12.8. The van der Waals surface area contributed by atoms with Gasteiger partial charge in [-0.05, 0) is 58.9 Å². The number of halogens is 1. The molecule has 0 radical (unpaired) electrons. The molecular formula is C20H25ClN4O2. The molecule has 1 N–H and O–H groups in total. The van der Waals surface area contributed by atoms with E-state index >= 15 is 0 Å². The molecule has 144 valence electrons. The van der Waals surface area contributed by atoms with E-state index in [9.17, 15) is 4.79 Å². The molecule has 1 aliphatic rings. The van der Waals surface area contributed by atoms with Crippen LogP contribution in [0.5, 0.6) is 0 Å². The maximum absolute atomic E-state index is 12.2. The van der Waals surface area contributed by atoms with Crippen molar-refractivity contribution in [2.24, 2.45) is 0 Å². The summed E-state index contributed by atoms with van der Waals surface area (Å²) in [6.45, 7) is 10.0. The second-order valence-corrected chi connectivity index (χ2v) is 7.52. The molecule has 0 aliphatic carbocycles. The van der Waals surface area contributed by atoms with Crippen molar-refractivity contribution in [3.05, 3.63) is 40.5 Å². The zero-order valence-electron chi connectivity index (χ0n) is 16.3. The first-order valence-electron chi connectivity index (χ1n) is 9.06. The second kappa shape index (κ2) is 7.92. The molecule has 3 rings (SSSR count). The summed E-state index contributed by atoms with van der Waals surface area (Å²) < 4.78 is 5.84. The standard InChI is InChI=1S/C20H25ClN4O2/c1-11-10-25(18(14(4)26)15(5)27-11)24-19-12(2)13(3)22-20(23-19)16-6-8-17(21)9-7-16/h6-9,11,15,18H,10H2,1-5H3,(H,22,23,24). The molecule has 7 heteroatoms. The van der Waals surface area contributed by atoms with Crippen molar-refractivity contribution in [1.29, 1.82) is 0 Å². The van der Waals surface area contributed by atoms with E-state index in [1.165, 1.54) is 0 Å². The molecule has 0 amide bonds. The summed E-state index contributed by atoms with van der Waals surface area (Å²) in [6.07, 6.45) is -0.181. The summed E-state index contributed by atoms with van der Waals surface area (Å²) in [5, 5.41) is 2.60. The fourth-order valence-corrected chi connectivity index (χ4v) is 3.52. The molecule has 0 bridgehead atoms. The number of ether oxygens (including phenoxy) is 1. The Hall–Kier alpha value is -2.02. The van der Waals surface area contributed by atoms with Crippen molar-refractivity contribution in [3.8, 4) is 11.4 Å². The lowest BCUT2D eigenvalue weighted by atomic mass is 10.1. The Kier molecular flexibility index (Phi) is 5.79. The van der Waals surface area contributed by atoms with E-state index in [0.717, 1.165) is 16.8 Å². The average Bonchev–Trinajstić information content (AvgIpc) is 2.58. The second-order valence-electron chi connectivity index (χ2n) is 7.08. The number of Topliss-reactive ketones (excluding diaryl/α,β-unsaturated/α-hetero) is 1. The highest BCUT2D eigenvalue weighted by molar-refractivity contribution is 6.30. The Morgan fingerprint density at radius 1 is 1.22 bits per heavy atom. The molecule has 2 aromatic rings. The van der Waals surface area contributed by atoms with E-state index in [1.54, 1.807) is 6.92 Å². The highest BCUT2D eigenvalue weighted by atomic mass is 35.5. The number of morpholine rings is 1. The van der Waals surface area contributed by atoms with E-state index in [4.69, 9.17) is 21.3 Å². The molecular weight excluding hydrogens is 364 g/mol. The van der Waals surface area contributed by atoms with E-state index < -0.39 is 0 Å². The number of hydrogen-bond donors (Lipinski definition) is 1. The van der Waals surface area contributed by atoms with Crippen molar-refractivity contribution in [3.63, 3.8) is 0 Å². The molecule has 1 aliphatic heterocycles. The van der Waals surface area contributed by atoms with Crippen molar-refractivity contribution in [1.82, 2.24) is 15.0 Å². The summed E-state index contributed by atoms with van der Waals surface area (Å²) in [6, 6.07) is 7.06. The monoisotopic (exact) mass is 388 g/mol. The van der Waals surface area contributed by atoms with Gasteiger partial charge in [0.1, 0.15) is 11.9 Å². The topological polar surface area (TPSA) is 67.3 Å². The number of ketones is 1. The van der Waals surface area contributed by atoms with Crippen LogP contribution in [0.4, 0.5) is 5.82 Å². The van der Waals surface area contributed by atoms with Crippen LogP contribution in [0.15, 0.2) is 24.3 Å². The first-order valence-corrected chi connectivity index (χ1v) is 9.44. The van der Waals surface area contributed by atoms with Gasteiger partial charge in [0.25, 0.3) is 0 Å². The molecule has 1 fully saturated rings. The van der Waals surface area contributed by atoms with Gasteiger partial charge in [0, 0.05) is 28.4 Å². The van der Waals surface area contributed by atoms with Gasteiger partial charge in [-0.1, -0.05) is 11.6 Å². The highest BCUT2D eigenvalue weighted by Gasteiger charge is 2.36. The van der Waals surface area contributed by atoms with Crippen LogP contribution in [0.2, 0.25) is 5.02 Å². The minimum Gasteiger partial charge on any atom is -0.372 e. The van der Waals surface area contributed by atoms with E-state index in [1.807, 2.05) is 57.0 Å². The molecule has 1 aromatic heterocycles. The molecule has 3 unspecified atom stereocenters. The lowest BCUT2D eigenvalue weighted by Gasteiger charge is -2.41. The van der Waals surface area contributed by atoms with Gasteiger partial charge >= 0.3 is 0 Å². The van der Waals surface area contributed by atoms with Crippen LogP contribution in [-0.2, 0) is 9.53 Å². The van der Waals surface area contributed by atoms with E-state index in [2.05, 4.69) is 10.4 Å². The third-order valence-corrected chi connectivity index (χ3v) is 5.09.